The second-order valence-corrected chi connectivity index (χ2v) is 5.06. The van der Waals surface area contributed by atoms with Crippen molar-refractivity contribution >= 4 is 21.8 Å². The number of hydrogen-bond donors (Lipinski definition) is 0. The number of nitrogens with zero attached hydrogens (tertiary/aromatic N) is 2. The van der Waals surface area contributed by atoms with Crippen LogP contribution < -0.4 is 0 Å². The van der Waals surface area contributed by atoms with Crippen LogP contribution in [-0.4, -0.2) is 9.97 Å². The first kappa shape index (κ1) is 12.0. The molecule has 0 unspecified atom stereocenters. The molecule has 21 heavy (non-hydrogen) atoms. The molecule has 0 atom stereocenters. The molecule has 0 N–H and O–H groups in total. The van der Waals surface area contributed by atoms with Gasteiger partial charge in [-0.3, -0.25) is 4.98 Å². The van der Waals surface area contributed by atoms with Gasteiger partial charge >= 0.3 is 0 Å². The van der Waals surface area contributed by atoms with Gasteiger partial charge in [0.25, 0.3) is 0 Å². The van der Waals surface area contributed by atoms with E-state index in [1.165, 1.54) is 0 Å². The molecule has 4 rings (SSSR count). The number of hydrogen-bond acceptors (Lipinski definition) is 2. The maximum Gasteiger partial charge on any atom is 0.0728 e. The number of aromatic nitrogens is 2. The van der Waals surface area contributed by atoms with Gasteiger partial charge in [0, 0.05) is 16.3 Å². The third-order valence-corrected chi connectivity index (χ3v) is 3.68. The molecular formula is C19H13N2. The first-order valence-corrected chi connectivity index (χ1v) is 6.89. The van der Waals surface area contributed by atoms with Crippen molar-refractivity contribution in [3.05, 3.63) is 79.3 Å². The predicted molar refractivity (Wildman–Crippen MR) is 86.9 cm³/mol. The molecule has 0 amide bonds. The lowest BCUT2D eigenvalue weighted by Gasteiger charge is -2.08. The molecule has 99 valence electrons. The average molecular weight is 269 g/mol. The summed E-state index contributed by atoms with van der Waals surface area (Å²) in [7, 11) is 0. The highest BCUT2D eigenvalue weighted by Crippen LogP contribution is 2.26. The molecule has 0 fully saturated rings. The van der Waals surface area contributed by atoms with Gasteiger partial charge in [0.05, 0.1) is 22.4 Å². The molecule has 2 aromatic heterocycles. The molecule has 0 bridgehead atoms. The zero-order valence-electron chi connectivity index (χ0n) is 11.5. The average Bonchev–Trinajstić information content (AvgIpc) is 2.54. The summed E-state index contributed by atoms with van der Waals surface area (Å²) in [5.41, 5.74) is 4.61. The molecule has 0 aliphatic rings. The van der Waals surface area contributed by atoms with Crippen LogP contribution in [0.2, 0.25) is 0 Å². The van der Waals surface area contributed by atoms with Gasteiger partial charge in [0.15, 0.2) is 0 Å². The van der Waals surface area contributed by atoms with Crippen molar-refractivity contribution in [3.63, 3.8) is 0 Å². The number of pyridine rings is 2. The Morgan fingerprint density at radius 1 is 0.667 bits per heavy atom. The molecule has 0 aliphatic heterocycles. The number of para-hydroxylation sites is 2. The number of benzene rings is 2. The van der Waals surface area contributed by atoms with Gasteiger partial charge in [0.1, 0.15) is 0 Å². The second kappa shape index (κ2) is 4.67. The number of rotatable bonds is 1. The fourth-order valence-electron chi connectivity index (χ4n) is 2.59. The summed E-state index contributed by atoms with van der Waals surface area (Å²) in [6, 6.07) is 22.4. The quantitative estimate of drug-likeness (QED) is 0.503. The van der Waals surface area contributed by atoms with E-state index in [0.717, 1.165) is 38.8 Å². The van der Waals surface area contributed by atoms with Crippen LogP contribution in [-0.2, 0) is 0 Å². The third-order valence-electron chi connectivity index (χ3n) is 3.68. The van der Waals surface area contributed by atoms with E-state index in [1.807, 2.05) is 42.5 Å². The van der Waals surface area contributed by atoms with Gasteiger partial charge in [-0.1, -0.05) is 42.5 Å². The molecule has 0 aliphatic carbocycles. The van der Waals surface area contributed by atoms with Crippen molar-refractivity contribution in [3.8, 4) is 11.3 Å². The summed E-state index contributed by atoms with van der Waals surface area (Å²) in [6.07, 6.45) is 0. The summed E-state index contributed by atoms with van der Waals surface area (Å²) >= 11 is 0. The largest absolute Gasteiger partial charge is 0.252 e. The van der Waals surface area contributed by atoms with E-state index in [2.05, 4.69) is 36.2 Å². The maximum absolute atomic E-state index is 4.73. The zero-order chi connectivity index (χ0) is 14.2. The maximum atomic E-state index is 4.73. The Kier molecular flexibility index (Phi) is 2.68. The molecule has 0 saturated heterocycles. The van der Waals surface area contributed by atoms with E-state index in [4.69, 9.17) is 4.98 Å². The fraction of sp³-hybridized carbons (Fsp3) is 0. The molecule has 2 heteroatoms. The molecule has 2 heterocycles. The Balaban J connectivity index is 1.96. The van der Waals surface area contributed by atoms with Crippen LogP contribution in [0.4, 0.5) is 0 Å². The molecule has 1 radical (unpaired) electrons. The van der Waals surface area contributed by atoms with Gasteiger partial charge in [-0.2, -0.15) is 0 Å². The predicted octanol–water partition coefficient (Wildman–Crippen LogP) is 4.63. The van der Waals surface area contributed by atoms with E-state index in [0.29, 0.717) is 0 Å². The number of fused-ring (bicyclic) bond motifs is 2. The van der Waals surface area contributed by atoms with Crippen molar-refractivity contribution < 1.29 is 0 Å². The highest BCUT2D eigenvalue weighted by molar-refractivity contribution is 5.87. The Bertz CT molecular complexity index is 958. The monoisotopic (exact) mass is 269 g/mol. The van der Waals surface area contributed by atoms with Crippen molar-refractivity contribution in [2.75, 3.05) is 0 Å². The van der Waals surface area contributed by atoms with Gasteiger partial charge < -0.3 is 0 Å². The summed E-state index contributed by atoms with van der Waals surface area (Å²) in [5, 5.41) is 2.25. The summed E-state index contributed by atoms with van der Waals surface area (Å²) in [5.74, 6) is 0. The van der Waals surface area contributed by atoms with Crippen LogP contribution in [0.25, 0.3) is 33.1 Å². The highest BCUT2D eigenvalue weighted by atomic mass is 14.7. The van der Waals surface area contributed by atoms with Crippen molar-refractivity contribution in [1.82, 2.24) is 9.97 Å². The SMILES string of the molecule is [CH2]c1nc2ccccc2cc1-c1ccc2ccccc2n1. The first-order chi connectivity index (χ1) is 10.3. The normalized spacial score (nSPS) is 11.1. The van der Waals surface area contributed by atoms with E-state index < -0.39 is 0 Å². The van der Waals surface area contributed by atoms with Crippen LogP contribution in [0.5, 0.6) is 0 Å². The second-order valence-electron chi connectivity index (χ2n) is 5.06. The Hall–Kier alpha value is -2.74. The molecule has 2 nitrogen and oxygen atoms in total. The van der Waals surface area contributed by atoms with Crippen LogP contribution in [0.1, 0.15) is 5.69 Å². The van der Waals surface area contributed by atoms with E-state index in [1.54, 1.807) is 0 Å². The molecule has 0 saturated carbocycles. The summed E-state index contributed by atoms with van der Waals surface area (Å²) in [4.78, 5) is 9.31. The van der Waals surface area contributed by atoms with Crippen molar-refractivity contribution in [2.24, 2.45) is 0 Å². The van der Waals surface area contributed by atoms with E-state index in [-0.39, 0.29) is 0 Å². The van der Waals surface area contributed by atoms with E-state index in [9.17, 15) is 0 Å². The minimum Gasteiger partial charge on any atom is -0.252 e. The Morgan fingerprint density at radius 2 is 1.33 bits per heavy atom. The van der Waals surface area contributed by atoms with Crippen LogP contribution in [0.15, 0.2) is 66.7 Å². The van der Waals surface area contributed by atoms with Crippen molar-refractivity contribution in [1.29, 1.82) is 0 Å². The Morgan fingerprint density at radius 3 is 2.14 bits per heavy atom. The minimum absolute atomic E-state index is 0.761. The molecule has 4 aromatic rings. The molecule has 0 spiro atoms. The smallest absolute Gasteiger partial charge is 0.0728 e. The van der Waals surface area contributed by atoms with Gasteiger partial charge in [-0.25, -0.2) is 4.98 Å². The lowest BCUT2D eigenvalue weighted by Crippen LogP contribution is -1.92. The zero-order valence-corrected chi connectivity index (χ0v) is 11.5. The molecular weight excluding hydrogens is 256 g/mol. The Labute approximate surface area is 123 Å². The minimum atomic E-state index is 0.761. The van der Waals surface area contributed by atoms with Gasteiger partial charge in [0.2, 0.25) is 0 Å². The molecule has 2 aromatic carbocycles. The highest BCUT2D eigenvalue weighted by Gasteiger charge is 2.07. The first-order valence-electron chi connectivity index (χ1n) is 6.89. The van der Waals surface area contributed by atoms with Crippen LogP contribution >= 0.6 is 0 Å². The van der Waals surface area contributed by atoms with Gasteiger partial charge in [-0.05, 0) is 31.2 Å². The fourth-order valence-corrected chi connectivity index (χ4v) is 2.59. The summed E-state index contributed by atoms with van der Waals surface area (Å²) in [6.45, 7) is 4.08. The van der Waals surface area contributed by atoms with Crippen molar-refractivity contribution in [2.45, 2.75) is 0 Å². The lowest BCUT2D eigenvalue weighted by atomic mass is 10.1. The standard InChI is InChI=1S/C19H13N2/c1-13-16(12-15-7-3-5-9-18(15)20-13)19-11-10-14-6-2-4-8-17(14)21-19/h2-12H,1H2. The third kappa shape index (κ3) is 2.05. The topological polar surface area (TPSA) is 25.8 Å². The van der Waals surface area contributed by atoms with E-state index >= 15 is 0 Å². The summed E-state index contributed by atoms with van der Waals surface area (Å²) < 4.78 is 0. The van der Waals surface area contributed by atoms with Gasteiger partial charge in [-0.15, -0.1) is 0 Å². The van der Waals surface area contributed by atoms with Crippen LogP contribution in [0.3, 0.4) is 0 Å². The van der Waals surface area contributed by atoms with Crippen LogP contribution in [0, 0.1) is 6.92 Å². The lowest BCUT2D eigenvalue weighted by molar-refractivity contribution is 1.30.